The molecular formula is C15H24F3N3. The van der Waals surface area contributed by atoms with Crippen molar-refractivity contribution in [2.75, 3.05) is 19.6 Å². The molecule has 6 heteroatoms. The molecule has 2 fully saturated rings. The van der Waals surface area contributed by atoms with E-state index >= 15 is 0 Å². The van der Waals surface area contributed by atoms with Gasteiger partial charge in [0.05, 0.1) is 12.0 Å². The molecule has 0 aromatic rings. The van der Waals surface area contributed by atoms with Crippen molar-refractivity contribution in [2.45, 2.75) is 63.2 Å². The van der Waals surface area contributed by atoms with Crippen LogP contribution < -0.4 is 5.32 Å². The predicted octanol–water partition coefficient (Wildman–Crippen LogP) is 3.08. The molecule has 1 aliphatic carbocycles. The van der Waals surface area contributed by atoms with Crippen molar-refractivity contribution < 1.29 is 13.2 Å². The number of nitriles is 1. The third-order valence-corrected chi connectivity index (χ3v) is 4.85. The molecule has 1 N–H and O–H groups in total. The highest BCUT2D eigenvalue weighted by Gasteiger charge is 2.46. The molecule has 2 rings (SSSR count). The zero-order valence-electron chi connectivity index (χ0n) is 12.5. The SMILES string of the molecule is CCCNC1(C#N)CCC(N2CCCC(C(F)(F)F)C2)C1. The summed E-state index contributed by atoms with van der Waals surface area (Å²) in [5, 5.41) is 12.7. The smallest absolute Gasteiger partial charge is 0.300 e. The molecule has 0 radical (unpaired) electrons. The van der Waals surface area contributed by atoms with Gasteiger partial charge in [0.2, 0.25) is 0 Å². The number of piperidine rings is 1. The van der Waals surface area contributed by atoms with E-state index in [1.54, 1.807) is 0 Å². The molecule has 1 saturated carbocycles. The van der Waals surface area contributed by atoms with Gasteiger partial charge < -0.3 is 0 Å². The third-order valence-electron chi connectivity index (χ3n) is 4.85. The van der Waals surface area contributed by atoms with Crippen LogP contribution in [0.2, 0.25) is 0 Å². The van der Waals surface area contributed by atoms with E-state index in [0.717, 1.165) is 32.4 Å². The van der Waals surface area contributed by atoms with Crippen LogP contribution in [-0.4, -0.2) is 42.3 Å². The van der Waals surface area contributed by atoms with E-state index in [2.05, 4.69) is 11.4 Å². The standard InChI is InChI=1S/C15H24F3N3/c1-2-7-20-14(11-19)6-5-13(9-14)21-8-3-4-12(10-21)15(16,17)18/h12-13,20H,2-10H2,1H3. The van der Waals surface area contributed by atoms with Gasteiger partial charge in [-0.1, -0.05) is 6.92 Å². The van der Waals surface area contributed by atoms with Crippen LogP contribution >= 0.6 is 0 Å². The number of halogens is 3. The van der Waals surface area contributed by atoms with Gasteiger partial charge in [-0.05, 0) is 51.6 Å². The highest BCUT2D eigenvalue weighted by Crippen LogP contribution is 2.38. The number of rotatable bonds is 4. The first-order valence-electron chi connectivity index (χ1n) is 7.87. The summed E-state index contributed by atoms with van der Waals surface area (Å²) < 4.78 is 38.7. The van der Waals surface area contributed by atoms with Gasteiger partial charge in [-0.25, -0.2) is 0 Å². The Balaban J connectivity index is 1.96. The maximum absolute atomic E-state index is 12.9. The first kappa shape index (κ1) is 16.6. The Bertz CT molecular complexity index is 391. The summed E-state index contributed by atoms with van der Waals surface area (Å²) >= 11 is 0. The van der Waals surface area contributed by atoms with Crippen LogP contribution in [-0.2, 0) is 0 Å². The van der Waals surface area contributed by atoms with Crippen molar-refractivity contribution in [3.05, 3.63) is 0 Å². The van der Waals surface area contributed by atoms with Gasteiger partial charge in [-0.3, -0.25) is 10.2 Å². The normalized spacial score (nSPS) is 34.8. The molecule has 2 aliphatic rings. The molecule has 1 aliphatic heterocycles. The van der Waals surface area contributed by atoms with Crippen molar-refractivity contribution >= 4 is 0 Å². The molecule has 0 spiro atoms. The molecule has 0 aromatic heterocycles. The van der Waals surface area contributed by atoms with Gasteiger partial charge >= 0.3 is 6.18 Å². The average molecular weight is 303 g/mol. The second-order valence-corrected chi connectivity index (χ2v) is 6.39. The van der Waals surface area contributed by atoms with Crippen molar-refractivity contribution in [3.63, 3.8) is 0 Å². The van der Waals surface area contributed by atoms with E-state index in [-0.39, 0.29) is 19.0 Å². The molecule has 3 nitrogen and oxygen atoms in total. The fraction of sp³-hybridized carbons (Fsp3) is 0.933. The Morgan fingerprint density at radius 1 is 1.38 bits per heavy atom. The van der Waals surface area contributed by atoms with E-state index in [4.69, 9.17) is 0 Å². The van der Waals surface area contributed by atoms with Crippen LogP contribution in [0.5, 0.6) is 0 Å². The van der Waals surface area contributed by atoms with Crippen molar-refractivity contribution in [1.82, 2.24) is 10.2 Å². The lowest BCUT2D eigenvalue weighted by Crippen LogP contribution is -2.48. The number of hydrogen-bond acceptors (Lipinski definition) is 3. The lowest BCUT2D eigenvalue weighted by Gasteiger charge is -2.38. The van der Waals surface area contributed by atoms with E-state index in [1.165, 1.54) is 0 Å². The van der Waals surface area contributed by atoms with Crippen LogP contribution in [0.15, 0.2) is 0 Å². The molecule has 0 bridgehead atoms. The first-order valence-corrected chi connectivity index (χ1v) is 7.87. The van der Waals surface area contributed by atoms with E-state index < -0.39 is 17.6 Å². The fourth-order valence-corrected chi connectivity index (χ4v) is 3.60. The van der Waals surface area contributed by atoms with Gasteiger partial charge in [0.1, 0.15) is 5.54 Å². The molecule has 1 saturated heterocycles. The minimum Gasteiger partial charge on any atom is -0.300 e. The second-order valence-electron chi connectivity index (χ2n) is 6.39. The summed E-state index contributed by atoms with van der Waals surface area (Å²) in [5.74, 6) is -1.20. The minimum absolute atomic E-state index is 0.101. The summed E-state index contributed by atoms with van der Waals surface area (Å²) in [6, 6.07) is 2.47. The zero-order valence-corrected chi connectivity index (χ0v) is 12.5. The molecular weight excluding hydrogens is 279 g/mol. The Morgan fingerprint density at radius 2 is 2.14 bits per heavy atom. The van der Waals surface area contributed by atoms with Gasteiger partial charge in [-0.2, -0.15) is 18.4 Å². The molecule has 3 unspecified atom stereocenters. The lowest BCUT2D eigenvalue weighted by atomic mass is 9.94. The van der Waals surface area contributed by atoms with Crippen LogP contribution in [0.4, 0.5) is 13.2 Å². The maximum atomic E-state index is 12.9. The Kier molecular flexibility index (Phi) is 5.15. The summed E-state index contributed by atoms with van der Waals surface area (Å²) in [6.45, 7) is 3.66. The molecule has 21 heavy (non-hydrogen) atoms. The van der Waals surface area contributed by atoms with E-state index in [0.29, 0.717) is 12.8 Å². The zero-order chi connectivity index (χ0) is 15.5. The molecule has 0 amide bonds. The lowest BCUT2D eigenvalue weighted by molar-refractivity contribution is -0.188. The summed E-state index contributed by atoms with van der Waals surface area (Å²) in [6.07, 6.45) is -0.102. The number of alkyl halides is 3. The Hall–Kier alpha value is -0.800. The summed E-state index contributed by atoms with van der Waals surface area (Å²) in [7, 11) is 0. The maximum Gasteiger partial charge on any atom is 0.393 e. The topological polar surface area (TPSA) is 39.1 Å². The van der Waals surface area contributed by atoms with E-state index in [9.17, 15) is 18.4 Å². The third kappa shape index (κ3) is 3.89. The first-order chi connectivity index (χ1) is 9.90. The quantitative estimate of drug-likeness (QED) is 0.867. The van der Waals surface area contributed by atoms with Crippen LogP contribution in [0.25, 0.3) is 0 Å². The summed E-state index contributed by atoms with van der Waals surface area (Å²) in [5.41, 5.74) is -0.536. The van der Waals surface area contributed by atoms with Gasteiger partial charge in [0.15, 0.2) is 0 Å². The number of nitrogens with zero attached hydrogens (tertiary/aromatic N) is 2. The largest absolute Gasteiger partial charge is 0.393 e. The van der Waals surface area contributed by atoms with Crippen LogP contribution in [0.3, 0.4) is 0 Å². The number of hydrogen-bond donors (Lipinski definition) is 1. The highest BCUT2D eigenvalue weighted by atomic mass is 19.4. The summed E-state index contributed by atoms with van der Waals surface area (Å²) in [4.78, 5) is 1.97. The van der Waals surface area contributed by atoms with Crippen molar-refractivity contribution in [2.24, 2.45) is 5.92 Å². The Labute approximate surface area is 124 Å². The molecule has 1 heterocycles. The van der Waals surface area contributed by atoms with Gasteiger partial charge in [-0.15, -0.1) is 0 Å². The average Bonchev–Trinajstić information content (AvgIpc) is 2.90. The van der Waals surface area contributed by atoms with Gasteiger partial charge in [0.25, 0.3) is 0 Å². The van der Waals surface area contributed by atoms with Crippen LogP contribution in [0.1, 0.15) is 45.4 Å². The monoisotopic (exact) mass is 303 g/mol. The van der Waals surface area contributed by atoms with Crippen LogP contribution in [0, 0.1) is 17.2 Å². The van der Waals surface area contributed by atoms with Gasteiger partial charge in [0, 0.05) is 12.6 Å². The predicted molar refractivity (Wildman–Crippen MR) is 74.6 cm³/mol. The number of likely N-dealkylation sites (tertiary alicyclic amines) is 1. The molecule has 0 aromatic carbocycles. The van der Waals surface area contributed by atoms with E-state index in [1.807, 2.05) is 11.8 Å². The molecule has 120 valence electrons. The van der Waals surface area contributed by atoms with Crippen molar-refractivity contribution in [3.8, 4) is 6.07 Å². The Morgan fingerprint density at radius 3 is 2.76 bits per heavy atom. The minimum atomic E-state index is -4.09. The highest BCUT2D eigenvalue weighted by molar-refractivity contribution is 5.13. The number of nitrogens with one attached hydrogen (secondary N) is 1. The van der Waals surface area contributed by atoms with Crippen molar-refractivity contribution in [1.29, 1.82) is 5.26 Å². The molecule has 3 atom stereocenters. The second kappa shape index (κ2) is 6.53. The fourth-order valence-electron chi connectivity index (χ4n) is 3.60.